The molecule has 0 radical (unpaired) electrons. The molecule has 3 aliphatic rings. The summed E-state index contributed by atoms with van der Waals surface area (Å²) in [7, 11) is -3.03. The second kappa shape index (κ2) is 6.60. The molecule has 0 spiro atoms. The lowest BCUT2D eigenvalue weighted by atomic mass is 9.76. The zero-order chi connectivity index (χ0) is 19.3. The minimum atomic E-state index is -4.85. The van der Waals surface area contributed by atoms with Crippen LogP contribution in [0, 0.1) is 5.41 Å². The molecule has 1 aliphatic carbocycles. The first kappa shape index (κ1) is 19.3. The summed E-state index contributed by atoms with van der Waals surface area (Å²) in [6, 6.07) is -2.04. The lowest BCUT2D eigenvalue weighted by Crippen LogP contribution is -2.56. The first-order chi connectivity index (χ1) is 12.0. The van der Waals surface area contributed by atoms with Crippen LogP contribution in [-0.2, 0) is 24.3 Å². The van der Waals surface area contributed by atoms with E-state index in [-0.39, 0.29) is 18.7 Å². The van der Waals surface area contributed by atoms with E-state index in [1.54, 1.807) is 13.8 Å². The molecule has 12 heteroatoms. The number of rotatable bonds is 6. The van der Waals surface area contributed by atoms with Gasteiger partial charge in [-0.15, -0.1) is 4.28 Å². The van der Waals surface area contributed by atoms with E-state index in [0.29, 0.717) is 11.5 Å². The van der Waals surface area contributed by atoms with Crippen LogP contribution in [-0.4, -0.2) is 72.7 Å². The number of hydrogen-bond acceptors (Lipinski definition) is 7. The lowest BCUT2D eigenvalue weighted by Gasteiger charge is -2.41. The molecular weight excluding hydrogens is 368 g/mol. The Balaban J connectivity index is 1.70. The van der Waals surface area contributed by atoms with Crippen molar-refractivity contribution in [1.29, 1.82) is 0 Å². The van der Waals surface area contributed by atoms with Crippen LogP contribution in [0.5, 0.6) is 0 Å². The zero-order valence-electron chi connectivity index (χ0n) is 14.8. The Labute approximate surface area is 151 Å². The quantitative estimate of drug-likeness (QED) is 0.403. The average Bonchev–Trinajstić information content (AvgIpc) is 2.77. The number of carbonyl (C=O) groups is 2. The van der Waals surface area contributed by atoms with Crippen LogP contribution in [0.1, 0.15) is 33.1 Å². The summed E-state index contributed by atoms with van der Waals surface area (Å²) in [4.78, 5) is 31.7. The van der Waals surface area contributed by atoms with Gasteiger partial charge in [-0.05, 0) is 31.7 Å². The molecular formula is C14H24N4O7S. The molecule has 2 unspecified atom stereocenters. The Kier molecular flexibility index (Phi) is 4.90. The number of piperidine rings is 1. The molecule has 3 rings (SSSR count). The number of fused-ring (bicyclic) bond motifs is 2. The van der Waals surface area contributed by atoms with Gasteiger partial charge >= 0.3 is 16.4 Å². The first-order valence-electron chi connectivity index (χ1n) is 8.43. The minimum absolute atomic E-state index is 0.113. The highest BCUT2D eigenvalue weighted by Gasteiger charge is 2.57. The maximum atomic E-state index is 12.6. The van der Waals surface area contributed by atoms with Crippen molar-refractivity contribution in [3.05, 3.63) is 0 Å². The van der Waals surface area contributed by atoms with Gasteiger partial charge in [-0.2, -0.15) is 13.5 Å². The highest BCUT2D eigenvalue weighted by molar-refractivity contribution is 7.80. The van der Waals surface area contributed by atoms with E-state index in [1.165, 1.54) is 4.90 Å². The van der Waals surface area contributed by atoms with Gasteiger partial charge in [0.2, 0.25) is 0 Å². The summed E-state index contributed by atoms with van der Waals surface area (Å²) in [5.74, 6) is -0.472. The third-order valence-electron chi connectivity index (χ3n) is 5.45. The molecule has 3 fully saturated rings. The van der Waals surface area contributed by atoms with Gasteiger partial charge in [0.05, 0.1) is 6.04 Å². The number of urea groups is 1. The summed E-state index contributed by atoms with van der Waals surface area (Å²) < 4.78 is 35.4. The summed E-state index contributed by atoms with van der Waals surface area (Å²) in [6.07, 6.45) is 1.95. The van der Waals surface area contributed by atoms with Crippen molar-refractivity contribution < 1.29 is 31.7 Å². The minimum Gasteiger partial charge on any atom is -0.314 e. The van der Waals surface area contributed by atoms with Gasteiger partial charge < -0.3 is 10.2 Å². The van der Waals surface area contributed by atoms with Gasteiger partial charge in [0, 0.05) is 12.6 Å². The molecule has 2 bridgehead atoms. The summed E-state index contributed by atoms with van der Waals surface area (Å²) in [6.45, 7) is 3.72. The molecule has 26 heavy (non-hydrogen) atoms. The SMILES string of the molecule is CNC1CCC1ONC(=O)[C@@H]1CC(C)(C)[C@@H]2CN1C(=O)N2OS(=O)(=O)O. The Morgan fingerprint density at radius 3 is 2.58 bits per heavy atom. The maximum absolute atomic E-state index is 12.6. The molecule has 2 heterocycles. The molecule has 2 saturated heterocycles. The zero-order valence-corrected chi connectivity index (χ0v) is 15.7. The Hall–Kier alpha value is -1.47. The molecule has 0 aromatic rings. The standard InChI is InChI=1S/C14H24N4O7S/c1-14(2)6-9(12(19)16-24-10-5-4-8(10)15-3)17-7-11(14)18(13(17)20)25-26(21,22)23/h8-11,15H,4-7H2,1-3H3,(H,16,19)(H,21,22,23)/t8?,9-,10?,11-/m0/s1. The fourth-order valence-electron chi connectivity index (χ4n) is 3.73. The Morgan fingerprint density at radius 2 is 2.04 bits per heavy atom. The second-order valence-electron chi connectivity index (χ2n) is 7.58. The summed E-state index contributed by atoms with van der Waals surface area (Å²) in [5.41, 5.74) is 1.81. The van der Waals surface area contributed by atoms with Crippen LogP contribution in [0.25, 0.3) is 0 Å². The van der Waals surface area contributed by atoms with Crippen molar-refractivity contribution in [3.8, 4) is 0 Å². The molecule has 2 aliphatic heterocycles. The Bertz CT molecular complexity index is 695. The van der Waals surface area contributed by atoms with Gasteiger partial charge in [0.1, 0.15) is 12.1 Å². The van der Waals surface area contributed by atoms with Crippen LogP contribution in [0.3, 0.4) is 0 Å². The number of hydroxylamine groups is 3. The van der Waals surface area contributed by atoms with Gasteiger partial charge in [-0.1, -0.05) is 13.8 Å². The maximum Gasteiger partial charge on any atom is 0.418 e. The van der Waals surface area contributed by atoms with Crippen molar-refractivity contribution in [2.75, 3.05) is 13.6 Å². The molecule has 0 aromatic heterocycles. The molecule has 11 nitrogen and oxygen atoms in total. The number of carbonyl (C=O) groups excluding carboxylic acids is 2. The summed E-state index contributed by atoms with van der Waals surface area (Å²) >= 11 is 0. The predicted octanol–water partition coefficient (Wildman–Crippen LogP) is -0.576. The van der Waals surface area contributed by atoms with Crippen LogP contribution < -0.4 is 10.8 Å². The lowest BCUT2D eigenvalue weighted by molar-refractivity contribution is -0.152. The van der Waals surface area contributed by atoms with Crippen molar-refractivity contribution >= 4 is 22.3 Å². The molecule has 3 amide bonds. The van der Waals surface area contributed by atoms with Crippen LogP contribution in [0.15, 0.2) is 0 Å². The number of nitrogens with zero attached hydrogens (tertiary/aromatic N) is 2. The van der Waals surface area contributed by atoms with Crippen LogP contribution >= 0.6 is 0 Å². The molecule has 3 N–H and O–H groups in total. The Morgan fingerprint density at radius 1 is 1.35 bits per heavy atom. The van der Waals surface area contributed by atoms with Gasteiger partial charge in [0.15, 0.2) is 0 Å². The number of hydrogen-bond donors (Lipinski definition) is 3. The topological polar surface area (TPSA) is 138 Å². The fourth-order valence-corrected chi connectivity index (χ4v) is 4.10. The van der Waals surface area contributed by atoms with Crippen LogP contribution in [0.4, 0.5) is 4.79 Å². The molecule has 4 atom stereocenters. The van der Waals surface area contributed by atoms with Gasteiger partial charge in [0.25, 0.3) is 5.91 Å². The van der Waals surface area contributed by atoms with E-state index in [2.05, 4.69) is 15.1 Å². The van der Waals surface area contributed by atoms with E-state index >= 15 is 0 Å². The molecule has 148 valence electrons. The normalized spacial score (nSPS) is 33.2. The van der Waals surface area contributed by atoms with E-state index in [4.69, 9.17) is 9.39 Å². The fraction of sp³-hybridized carbons (Fsp3) is 0.857. The predicted molar refractivity (Wildman–Crippen MR) is 87.6 cm³/mol. The number of nitrogens with one attached hydrogen (secondary N) is 2. The van der Waals surface area contributed by atoms with E-state index in [9.17, 15) is 18.0 Å². The monoisotopic (exact) mass is 392 g/mol. The summed E-state index contributed by atoms with van der Waals surface area (Å²) in [5, 5.41) is 3.72. The van der Waals surface area contributed by atoms with Gasteiger partial charge in [-0.3, -0.25) is 14.2 Å². The van der Waals surface area contributed by atoms with Crippen LogP contribution in [0.2, 0.25) is 0 Å². The molecule has 0 aromatic carbocycles. The smallest absolute Gasteiger partial charge is 0.314 e. The highest BCUT2D eigenvalue weighted by atomic mass is 32.3. The highest BCUT2D eigenvalue weighted by Crippen LogP contribution is 2.42. The molecule has 1 saturated carbocycles. The van der Waals surface area contributed by atoms with E-state index < -0.39 is 39.8 Å². The van der Waals surface area contributed by atoms with Gasteiger partial charge in [-0.25, -0.2) is 10.3 Å². The van der Waals surface area contributed by atoms with Crippen molar-refractivity contribution in [2.24, 2.45) is 5.41 Å². The third kappa shape index (κ3) is 3.51. The number of amides is 3. The third-order valence-corrected chi connectivity index (χ3v) is 5.80. The first-order valence-corrected chi connectivity index (χ1v) is 9.79. The average molecular weight is 392 g/mol. The van der Waals surface area contributed by atoms with E-state index in [0.717, 1.165) is 12.8 Å². The largest absolute Gasteiger partial charge is 0.418 e. The van der Waals surface area contributed by atoms with Crippen molar-refractivity contribution in [2.45, 2.75) is 57.3 Å². The van der Waals surface area contributed by atoms with Crippen molar-refractivity contribution in [3.63, 3.8) is 0 Å². The second-order valence-corrected chi connectivity index (χ2v) is 8.59. The number of likely N-dealkylation sites (N-methyl/N-ethyl adjacent to an activating group) is 1. The van der Waals surface area contributed by atoms with Crippen molar-refractivity contribution in [1.82, 2.24) is 20.8 Å². The van der Waals surface area contributed by atoms with E-state index in [1.807, 2.05) is 7.05 Å².